The number of aliphatic hydroxyl groups excluding tert-OH is 1. The number of hydrogen-bond acceptors (Lipinski definition) is 7. The van der Waals surface area contributed by atoms with Gasteiger partial charge in [-0.05, 0) is 17.7 Å². The molecule has 2 heterocycles. The second-order valence-corrected chi connectivity index (χ2v) is 5.72. The number of carbonyl (C=O) groups is 1. The summed E-state index contributed by atoms with van der Waals surface area (Å²) in [6.07, 6.45) is -1.47. The molecule has 1 amide bonds. The quantitative estimate of drug-likeness (QED) is 0.331. The van der Waals surface area contributed by atoms with Crippen molar-refractivity contribution in [1.82, 2.24) is 9.96 Å². The van der Waals surface area contributed by atoms with Crippen LogP contribution in [0.4, 0.5) is 5.69 Å². The molecule has 2 aromatic carbocycles. The van der Waals surface area contributed by atoms with Gasteiger partial charge in [0.15, 0.2) is 0 Å². The highest BCUT2D eigenvalue weighted by molar-refractivity contribution is 6.13. The van der Waals surface area contributed by atoms with E-state index in [0.29, 0.717) is 22.0 Å². The number of aliphatic imine (C=N–C) groups is 1. The highest BCUT2D eigenvalue weighted by Crippen LogP contribution is 2.32. The van der Waals surface area contributed by atoms with E-state index >= 15 is 0 Å². The maximum atomic E-state index is 11.7. The van der Waals surface area contributed by atoms with Crippen molar-refractivity contribution in [2.24, 2.45) is 10.1 Å². The molecular weight excluding hydrogens is 324 g/mol. The molecule has 1 fully saturated rings. The van der Waals surface area contributed by atoms with Crippen molar-refractivity contribution in [2.75, 3.05) is 0 Å². The van der Waals surface area contributed by atoms with Crippen molar-refractivity contribution in [1.29, 1.82) is 0 Å². The van der Waals surface area contributed by atoms with Gasteiger partial charge in [0.1, 0.15) is 5.71 Å². The minimum Gasteiger partial charge on any atom is -0.410 e. The van der Waals surface area contributed by atoms with Crippen LogP contribution in [0, 0.1) is 0 Å². The van der Waals surface area contributed by atoms with Crippen molar-refractivity contribution in [2.45, 2.75) is 12.8 Å². The van der Waals surface area contributed by atoms with Crippen molar-refractivity contribution in [3.8, 4) is 0 Å². The van der Waals surface area contributed by atoms with Gasteiger partial charge >= 0.3 is 5.91 Å². The lowest BCUT2D eigenvalue weighted by molar-refractivity contribution is -0.155. The molecule has 0 aliphatic carbocycles. The summed E-state index contributed by atoms with van der Waals surface area (Å²) in [5, 5.41) is 32.8. The average molecular weight is 338 g/mol. The van der Waals surface area contributed by atoms with E-state index < -0.39 is 12.1 Å². The zero-order valence-electron chi connectivity index (χ0n) is 12.9. The Bertz CT molecular complexity index is 910. The Labute approximate surface area is 142 Å². The number of oxime groups is 1. The first-order chi connectivity index (χ1) is 12.1. The summed E-state index contributed by atoms with van der Waals surface area (Å²) in [6, 6.07) is 14.5. The van der Waals surface area contributed by atoms with Crippen LogP contribution in [0.25, 0.3) is 0 Å². The summed E-state index contributed by atoms with van der Waals surface area (Å²) in [6.45, 7) is 0.194. The van der Waals surface area contributed by atoms with Crippen LogP contribution < -0.4 is 0 Å². The number of hydroxylamine groups is 2. The highest BCUT2D eigenvalue weighted by Gasteiger charge is 2.44. The first kappa shape index (κ1) is 15.3. The third-order valence-electron chi connectivity index (χ3n) is 4.23. The Kier molecular flexibility index (Phi) is 3.48. The number of guanidine groups is 1. The molecule has 2 aliphatic heterocycles. The van der Waals surface area contributed by atoms with Gasteiger partial charge in [-0.1, -0.05) is 41.6 Å². The third-order valence-corrected chi connectivity index (χ3v) is 4.23. The van der Waals surface area contributed by atoms with Gasteiger partial charge in [0.05, 0.1) is 12.2 Å². The molecule has 0 radical (unpaired) electrons. The van der Waals surface area contributed by atoms with E-state index in [1.165, 1.54) is 4.90 Å². The Hall–Kier alpha value is -3.23. The topological polar surface area (TPSA) is 109 Å². The molecule has 126 valence electrons. The summed E-state index contributed by atoms with van der Waals surface area (Å²) in [4.78, 5) is 17.2. The molecule has 8 heteroatoms. The summed E-state index contributed by atoms with van der Waals surface area (Å²) in [5.41, 5.74) is 3.14. The summed E-state index contributed by atoms with van der Waals surface area (Å²) in [5.74, 6) is -0.842. The van der Waals surface area contributed by atoms with Crippen LogP contribution in [0.1, 0.15) is 16.7 Å². The predicted octanol–water partition coefficient (Wildman–Crippen LogP) is 1.27. The lowest BCUT2D eigenvalue weighted by Crippen LogP contribution is -2.37. The Morgan fingerprint density at radius 1 is 1.16 bits per heavy atom. The molecule has 1 unspecified atom stereocenters. The lowest BCUT2D eigenvalue weighted by atomic mass is 9.99. The van der Waals surface area contributed by atoms with E-state index in [4.69, 9.17) is 0 Å². The fourth-order valence-corrected chi connectivity index (χ4v) is 2.98. The number of carbonyl (C=O) groups excluding carboxylic acids is 1. The summed E-state index contributed by atoms with van der Waals surface area (Å²) < 4.78 is 0. The zero-order chi connectivity index (χ0) is 17.6. The van der Waals surface area contributed by atoms with E-state index in [0.717, 1.165) is 11.1 Å². The van der Waals surface area contributed by atoms with Crippen LogP contribution in [-0.4, -0.2) is 49.3 Å². The number of nitrogens with zero attached hydrogens (tertiary/aromatic N) is 4. The molecule has 8 nitrogen and oxygen atoms in total. The monoisotopic (exact) mass is 338 g/mol. The van der Waals surface area contributed by atoms with Crippen LogP contribution in [-0.2, 0) is 11.3 Å². The van der Waals surface area contributed by atoms with Crippen LogP contribution in [0.2, 0.25) is 0 Å². The van der Waals surface area contributed by atoms with Gasteiger partial charge in [-0.25, -0.2) is 4.99 Å². The molecule has 0 saturated carbocycles. The van der Waals surface area contributed by atoms with E-state index in [-0.39, 0.29) is 12.5 Å². The van der Waals surface area contributed by atoms with Gasteiger partial charge in [0.25, 0.3) is 0 Å². The Morgan fingerprint density at radius 3 is 2.64 bits per heavy atom. The number of aliphatic hydroxyl groups is 1. The van der Waals surface area contributed by atoms with Gasteiger partial charge in [0, 0.05) is 11.1 Å². The molecule has 25 heavy (non-hydrogen) atoms. The molecule has 1 saturated heterocycles. The van der Waals surface area contributed by atoms with Crippen LogP contribution >= 0.6 is 0 Å². The third kappa shape index (κ3) is 2.35. The van der Waals surface area contributed by atoms with Crippen molar-refractivity contribution in [3.05, 3.63) is 65.2 Å². The summed E-state index contributed by atoms with van der Waals surface area (Å²) >= 11 is 0. The molecule has 3 N–H and O–H groups in total. The van der Waals surface area contributed by atoms with E-state index in [9.17, 15) is 20.3 Å². The van der Waals surface area contributed by atoms with Crippen molar-refractivity contribution in [3.63, 3.8) is 0 Å². The second-order valence-electron chi connectivity index (χ2n) is 5.72. The first-order valence-corrected chi connectivity index (χ1v) is 7.57. The molecule has 1 atom stereocenters. The fraction of sp³-hybridized carbons (Fsp3) is 0.118. The number of hydrogen-bond donors (Lipinski definition) is 3. The molecule has 0 spiro atoms. The first-order valence-electron chi connectivity index (χ1n) is 7.57. The van der Waals surface area contributed by atoms with Crippen molar-refractivity contribution >= 4 is 23.3 Å². The standard InChI is InChI=1S/C17H14N4O4/c22-15-16(23)21(25)17-18-13-7-6-11(8-12(13)9-20(15)17)14(19-24)10-4-2-1-3-5-10/h1-8,15,22,24-25H,9H2/b19-14-. The second kappa shape index (κ2) is 5.69. The zero-order valence-corrected chi connectivity index (χ0v) is 12.9. The molecule has 0 bridgehead atoms. The fourth-order valence-electron chi connectivity index (χ4n) is 2.98. The average Bonchev–Trinajstić information content (AvgIpc) is 2.85. The Balaban J connectivity index is 1.74. The maximum absolute atomic E-state index is 11.7. The van der Waals surface area contributed by atoms with Crippen molar-refractivity contribution < 1.29 is 20.3 Å². The van der Waals surface area contributed by atoms with Crippen LogP contribution in [0.5, 0.6) is 0 Å². The number of benzene rings is 2. The number of amides is 1. The lowest BCUT2D eigenvalue weighted by Gasteiger charge is -2.26. The molecule has 2 aliphatic rings. The van der Waals surface area contributed by atoms with E-state index in [1.54, 1.807) is 18.2 Å². The summed E-state index contributed by atoms with van der Waals surface area (Å²) in [7, 11) is 0. The van der Waals surface area contributed by atoms with Gasteiger partial charge in [-0.15, -0.1) is 0 Å². The molecule has 0 aromatic heterocycles. The number of fused-ring (bicyclic) bond motifs is 2. The predicted molar refractivity (Wildman–Crippen MR) is 87.6 cm³/mol. The van der Waals surface area contributed by atoms with Crippen LogP contribution in [0.15, 0.2) is 58.7 Å². The molecule has 4 rings (SSSR count). The minimum absolute atomic E-state index is 0.00291. The minimum atomic E-state index is -1.47. The largest absolute Gasteiger partial charge is 0.410 e. The van der Waals surface area contributed by atoms with Gasteiger partial charge < -0.3 is 15.2 Å². The van der Waals surface area contributed by atoms with E-state index in [2.05, 4.69) is 10.1 Å². The maximum Gasteiger partial charge on any atom is 0.303 e. The smallest absolute Gasteiger partial charge is 0.303 e. The number of rotatable bonds is 2. The van der Waals surface area contributed by atoms with Crippen LogP contribution in [0.3, 0.4) is 0 Å². The highest BCUT2D eigenvalue weighted by atomic mass is 16.5. The van der Waals surface area contributed by atoms with Gasteiger partial charge in [0.2, 0.25) is 12.2 Å². The van der Waals surface area contributed by atoms with Gasteiger partial charge in [-0.2, -0.15) is 5.06 Å². The van der Waals surface area contributed by atoms with Gasteiger partial charge in [-0.3, -0.25) is 10.0 Å². The molecule has 2 aromatic rings. The SMILES string of the molecule is O=C1C(O)N2Cc3cc(/C(=N\O)c4ccccc4)ccc3N=C2N1O. The van der Waals surface area contributed by atoms with E-state index in [1.807, 2.05) is 30.3 Å². The normalized spacial score (nSPS) is 19.6. The Morgan fingerprint density at radius 2 is 1.92 bits per heavy atom. The molecular formula is C17H14N4O4.